The third-order valence-corrected chi connectivity index (χ3v) is 4.74. The molecular formula is C18H22N6O2. The van der Waals surface area contributed by atoms with E-state index < -0.39 is 0 Å². The van der Waals surface area contributed by atoms with E-state index in [4.69, 9.17) is 4.74 Å². The highest BCUT2D eigenvalue weighted by atomic mass is 16.5. The first kappa shape index (κ1) is 16.7. The second-order valence-electron chi connectivity index (χ2n) is 6.39. The average Bonchev–Trinajstić information content (AvgIpc) is 3.32. The third kappa shape index (κ3) is 3.20. The Morgan fingerprint density at radius 2 is 2.35 bits per heavy atom. The van der Waals surface area contributed by atoms with Gasteiger partial charge < -0.3 is 19.6 Å². The maximum absolute atomic E-state index is 12.8. The van der Waals surface area contributed by atoms with Crippen LogP contribution in [0.5, 0.6) is 0 Å². The number of fused-ring (bicyclic) bond motifs is 1. The number of aromatic amines is 1. The van der Waals surface area contributed by atoms with E-state index in [1.165, 1.54) is 0 Å². The first-order valence-electron chi connectivity index (χ1n) is 8.96. The molecule has 0 saturated carbocycles. The van der Waals surface area contributed by atoms with E-state index in [-0.39, 0.29) is 17.9 Å². The van der Waals surface area contributed by atoms with Gasteiger partial charge in [0.1, 0.15) is 17.8 Å². The predicted octanol–water partition coefficient (Wildman–Crippen LogP) is 1.96. The zero-order chi connectivity index (χ0) is 17.9. The van der Waals surface area contributed by atoms with E-state index >= 15 is 0 Å². The molecule has 2 atom stereocenters. The second-order valence-corrected chi connectivity index (χ2v) is 6.39. The molecule has 3 aromatic heterocycles. The van der Waals surface area contributed by atoms with Gasteiger partial charge in [0, 0.05) is 31.7 Å². The van der Waals surface area contributed by atoms with E-state index in [1.54, 1.807) is 12.4 Å². The van der Waals surface area contributed by atoms with Gasteiger partial charge >= 0.3 is 0 Å². The van der Waals surface area contributed by atoms with Crippen LogP contribution >= 0.6 is 0 Å². The number of aromatic nitrogens is 5. The maximum atomic E-state index is 12.8. The summed E-state index contributed by atoms with van der Waals surface area (Å²) in [5, 5.41) is 2.98. The van der Waals surface area contributed by atoms with Gasteiger partial charge in [0.2, 0.25) is 5.91 Å². The number of nitrogens with zero attached hydrogens (tertiary/aromatic N) is 4. The van der Waals surface area contributed by atoms with Crippen LogP contribution in [0.1, 0.15) is 37.5 Å². The van der Waals surface area contributed by atoms with Crippen molar-refractivity contribution in [1.82, 2.24) is 29.8 Å². The SMILES string of the molecule is CCn1ccnc1[C@@H]1OCCC[C@H]1C(=O)NCc1nc2ncccc2[nH]1. The van der Waals surface area contributed by atoms with E-state index in [9.17, 15) is 4.79 Å². The van der Waals surface area contributed by atoms with Gasteiger partial charge in [0.05, 0.1) is 18.0 Å². The van der Waals surface area contributed by atoms with Gasteiger partial charge in [-0.3, -0.25) is 4.79 Å². The van der Waals surface area contributed by atoms with Gasteiger partial charge in [-0.1, -0.05) is 0 Å². The Morgan fingerprint density at radius 1 is 1.42 bits per heavy atom. The first-order valence-corrected chi connectivity index (χ1v) is 8.96. The van der Waals surface area contributed by atoms with Crippen molar-refractivity contribution in [2.24, 2.45) is 5.92 Å². The lowest BCUT2D eigenvalue weighted by atomic mass is 9.92. The molecule has 26 heavy (non-hydrogen) atoms. The fraction of sp³-hybridized carbons (Fsp3) is 0.444. The molecular weight excluding hydrogens is 332 g/mol. The standard InChI is InChI=1S/C18H22N6O2/c1-2-24-9-8-20-17(24)15-12(5-4-10-26-15)18(25)21-11-14-22-13-6-3-7-19-16(13)23-14/h3,6-9,12,15H,2,4-5,10-11H2,1H3,(H,21,25)(H,19,22,23)/t12-,15-/m1/s1. The number of aryl methyl sites for hydroxylation is 1. The van der Waals surface area contributed by atoms with Crippen LogP contribution in [0.4, 0.5) is 0 Å². The van der Waals surface area contributed by atoms with Crippen LogP contribution in [0.15, 0.2) is 30.7 Å². The Labute approximate surface area is 151 Å². The number of ether oxygens (including phenoxy) is 1. The summed E-state index contributed by atoms with van der Waals surface area (Å²) in [6.07, 6.45) is 6.73. The van der Waals surface area contributed by atoms with Crippen LogP contribution in [0.3, 0.4) is 0 Å². The molecule has 1 saturated heterocycles. The lowest BCUT2D eigenvalue weighted by Gasteiger charge is -2.30. The zero-order valence-electron chi connectivity index (χ0n) is 14.7. The van der Waals surface area contributed by atoms with E-state index in [2.05, 4.69) is 32.2 Å². The number of carbonyl (C=O) groups is 1. The van der Waals surface area contributed by atoms with E-state index in [0.717, 1.165) is 30.7 Å². The van der Waals surface area contributed by atoms with Crippen molar-refractivity contribution in [3.63, 3.8) is 0 Å². The maximum Gasteiger partial charge on any atom is 0.226 e. The van der Waals surface area contributed by atoms with Crippen molar-refractivity contribution in [2.75, 3.05) is 6.61 Å². The minimum atomic E-state index is -0.309. The zero-order valence-corrected chi connectivity index (χ0v) is 14.7. The van der Waals surface area contributed by atoms with E-state index in [1.807, 2.05) is 22.9 Å². The van der Waals surface area contributed by atoms with Gasteiger partial charge in [-0.15, -0.1) is 0 Å². The number of amides is 1. The molecule has 3 aromatic rings. The summed E-state index contributed by atoms with van der Waals surface area (Å²) in [7, 11) is 0. The number of nitrogens with one attached hydrogen (secondary N) is 2. The molecule has 0 aromatic carbocycles. The van der Waals surface area contributed by atoms with Gasteiger partial charge in [-0.2, -0.15) is 0 Å². The van der Waals surface area contributed by atoms with Crippen LogP contribution in [-0.2, 0) is 22.6 Å². The van der Waals surface area contributed by atoms with Crippen molar-refractivity contribution in [3.8, 4) is 0 Å². The molecule has 1 amide bonds. The molecule has 8 heteroatoms. The Kier molecular flexibility index (Phi) is 4.66. The number of carbonyl (C=O) groups excluding carboxylic acids is 1. The van der Waals surface area contributed by atoms with E-state index in [0.29, 0.717) is 24.6 Å². The predicted molar refractivity (Wildman–Crippen MR) is 95.1 cm³/mol. The summed E-state index contributed by atoms with van der Waals surface area (Å²) < 4.78 is 7.95. The summed E-state index contributed by atoms with van der Waals surface area (Å²) in [6.45, 7) is 3.84. The number of H-pyrrole nitrogens is 1. The Bertz CT molecular complexity index is 869. The molecule has 1 aliphatic heterocycles. The monoisotopic (exact) mass is 354 g/mol. The summed E-state index contributed by atoms with van der Waals surface area (Å²) in [6, 6.07) is 3.76. The summed E-state index contributed by atoms with van der Waals surface area (Å²) in [5.74, 6) is 1.23. The first-order chi connectivity index (χ1) is 12.8. The number of imidazole rings is 2. The molecule has 0 spiro atoms. The van der Waals surface area contributed by atoms with Crippen molar-refractivity contribution in [1.29, 1.82) is 0 Å². The Balaban J connectivity index is 1.46. The number of hydrogen-bond donors (Lipinski definition) is 2. The van der Waals surface area contributed by atoms with Crippen molar-refractivity contribution < 1.29 is 9.53 Å². The number of rotatable bonds is 5. The highest BCUT2D eigenvalue weighted by Gasteiger charge is 2.35. The molecule has 1 aliphatic rings. The molecule has 8 nitrogen and oxygen atoms in total. The van der Waals surface area contributed by atoms with Crippen LogP contribution in [-0.4, -0.2) is 37.0 Å². The highest BCUT2D eigenvalue weighted by Crippen LogP contribution is 2.33. The third-order valence-electron chi connectivity index (χ3n) is 4.74. The Hall–Kier alpha value is -2.74. The van der Waals surface area contributed by atoms with Gasteiger partial charge in [0.25, 0.3) is 0 Å². The fourth-order valence-corrected chi connectivity index (χ4v) is 3.43. The van der Waals surface area contributed by atoms with Crippen LogP contribution in [0, 0.1) is 5.92 Å². The molecule has 4 heterocycles. The van der Waals surface area contributed by atoms with Gasteiger partial charge in [-0.25, -0.2) is 15.0 Å². The molecule has 1 fully saturated rings. The van der Waals surface area contributed by atoms with Gasteiger partial charge in [-0.05, 0) is 31.9 Å². The molecule has 2 N–H and O–H groups in total. The molecule has 136 valence electrons. The van der Waals surface area contributed by atoms with Crippen molar-refractivity contribution in [3.05, 3.63) is 42.4 Å². The summed E-state index contributed by atoms with van der Waals surface area (Å²) >= 11 is 0. The van der Waals surface area contributed by atoms with Crippen LogP contribution in [0.2, 0.25) is 0 Å². The highest BCUT2D eigenvalue weighted by molar-refractivity contribution is 5.79. The van der Waals surface area contributed by atoms with Gasteiger partial charge in [0.15, 0.2) is 5.65 Å². The second kappa shape index (κ2) is 7.25. The molecule has 0 aliphatic carbocycles. The number of pyridine rings is 1. The smallest absolute Gasteiger partial charge is 0.226 e. The largest absolute Gasteiger partial charge is 0.369 e. The molecule has 0 unspecified atom stereocenters. The number of hydrogen-bond acceptors (Lipinski definition) is 5. The summed E-state index contributed by atoms with van der Waals surface area (Å²) in [4.78, 5) is 29.0. The fourth-order valence-electron chi connectivity index (χ4n) is 3.43. The summed E-state index contributed by atoms with van der Waals surface area (Å²) in [5.41, 5.74) is 1.51. The minimum Gasteiger partial charge on any atom is -0.369 e. The molecule has 4 rings (SSSR count). The normalized spacial score (nSPS) is 20.3. The Morgan fingerprint density at radius 3 is 3.19 bits per heavy atom. The van der Waals surface area contributed by atoms with Crippen molar-refractivity contribution >= 4 is 17.1 Å². The quantitative estimate of drug-likeness (QED) is 0.730. The lowest BCUT2D eigenvalue weighted by Crippen LogP contribution is -2.38. The van der Waals surface area contributed by atoms with Crippen LogP contribution in [0.25, 0.3) is 11.2 Å². The average molecular weight is 354 g/mol. The molecule has 0 bridgehead atoms. The van der Waals surface area contributed by atoms with Crippen LogP contribution < -0.4 is 5.32 Å². The molecule has 0 radical (unpaired) electrons. The topological polar surface area (TPSA) is 97.7 Å². The minimum absolute atomic E-state index is 0.0335. The van der Waals surface area contributed by atoms with Crippen molar-refractivity contribution in [2.45, 2.75) is 39.0 Å². The lowest BCUT2D eigenvalue weighted by molar-refractivity contribution is -0.135.